The molecule has 3 aromatic carbocycles. The highest BCUT2D eigenvalue weighted by Crippen LogP contribution is 2.39. The lowest BCUT2D eigenvalue weighted by molar-refractivity contribution is -0.154. The largest absolute Gasteiger partial charge is 0.460 e. The second-order valence-electron chi connectivity index (χ2n) is 9.19. The van der Waals surface area contributed by atoms with Crippen molar-refractivity contribution in [1.29, 1.82) is 0 Å². The molecule has 3 aromatic rings. The van der Waals surface area contributed by atoms with Crippen LogP contribution in [0.4, 0.5) is 13.2 Å². The Bertz CT molecular complexity index is 1110. The second kappa shape index (κ2) is 11.8. The van der Waals surface area contributed by atoms with Crippen molar-refractivity contribution in [3.63, 3.8) is 0 Å². The molecule has 0 bridgehead atoms. The van der Waals surface area contributed by atoms with Crippen LogP contribution in [-0.4, -0.2) is 18.1 Å². The van der Waals surface area contributed by atoms with Crippen LogP contribution in [0.1, 0.15) is 43.9 Å². The average Bonchev–Trinajstić information content (AvgIpc) is 2.80. The molecule has 0 heterocycles. The molecule has 3 nitrogen and oxygen atoms in total. The predicted molar refractivity (Wildman–Crippen MR) is 135 cm³/mol. The van der Waals surface area contributed by atoms with Gasteiger partial charge in [-0.2, -0.15) is 13.2 Å². The number of esters is 1. The van der Waals surface area contributed by atoms with Gasteiger partial charge in [-0.15, -0.1) is 11.8 Å². The summed E-state index contributed by atoms with van der Waals surface area (Å²) in [7, 11) is 0. The topological polar surface area (TPSA) is 38.3 Å². The van der Waals surface area contributed by atoms with Crippen LogP contribution in [0.5, 0.6) is 0 Å². The number of carbonyl (C=O) groups excluding carboxylic acids is 1. The molecule has 0 fully saturated rings. The van der Waals surface area contributed by atoms with Gasteiger partial charge in [0.2, 0.25) is 0 Å². The highest BCUT2D eigenvalue weighted by molar-refractivity contribution is 7.98. The van der Waals surface area contributed by atoms with Crippen molar-refractivity contribution in [1.82, 2.24) is 5.32 Å². The van der Waals surface area contributed by atoms with Crippen LogP contribution in [0.2, 0.25) is 0 Å². The monoisotopic (exact) mass is 501 g/mol. The van der Waals surface area contributed by atoms with Crippen LogP contribution in [0, 0.1) is 0 Å². The Balaban J connectivity index is 1.54. The van der Waals surface area contributed by atoms with Gasteiger partial charge in [-0.25, -0.2) is 0 Å². The van der Waals surface area contributed by atoms with Gasteiger partial charge in [-0.1, -0.05) is 60.7 Å². The maximum Gasteiger partial charge on any atom is 0.417 e. The molecular formula is C28H30F3NO2S. The molecule has 186 valence electrons. The molecule has 0 aromatic heterocycles. The van der Waals surface area contributed by atoms with E-state index in [0.29, 0.717) is 35.7 Å². The average molecular weight is 502 g/mol. The van der Waals surface area contributed by atoms with Crippen molar-refractivity contribution < 1.29 is 22.7 Å². The predicted octanol–water partition coefficient (Wildman–Crippen LogP) is 7.49. The first-order valence-corrected chi connectivity index (χ1v) is 12.4. The smallest absolute Gasteiger partial charge is 0.417 e. The Hall–Kier alpha value is -2.77. The van der Waals surface area contributed by atoms with E-state index in [0.717, 1.165) is 11.1 Å². The van der Waals surface area contributed by atoms with Gasteiger partial charge in [0.15, 0.2) is 0 Å². The summed E-state index contributed by atoms with van der Waals surface area (Å²) in [5.74, 6) is 0.330. The molecule has 0 amide bonds. The van der Waals surface area contributed by atoms with Gasteiger partial charge in [0.1, 0.15) is 5.60 Å². The maximum atomic E-state index is 13.7. The van der Waals surface area contributed by atoms with Gasteiger partial charge >= 0.3 is 12.1 Å². The first-order valence-electron chi connectivity index (χ1n) is 11.4. The summed E-state index contributed by atoms with van der Waals surface area (Å²) >= 11 is 1.38. The van der Waals surface area contributed by atoms with Crippen LogP contribution >= 0.6 is 11.8 Å². The third-order valence-electron chi connectivity index (χ3n) is 5.06. The van der Waals surface area contributed by atoms with Gasteiger partial charge in [-0.05, 0) is 55.2 Å². The van der Waals surface area contributed by atoms with E-state index >= 15 is 0 Å². The minimum absolute atomic E-state index is 0.186. The molecule has 0 unspecified atom stereocenters. The molecule has 7 heteroatoms. The number of carbonyl (C=O) groups is 1. The van der Waals surface area contributed by atoms with Crippen molar-refractivity contribution in [2.24, 2.45) is 0 Å². The maximum absolute atomic E-state index is 13.7. The molecule has 0 aliphatic heterocycles. The summed E-state index contributed by atoms with van der Waals surface area (Å²) in [5, 5.41) is 3.22. The third-order valence-corrected chi connectivity index (χ3v) is 6.13. The van der Waals surface area contributed by atoms with Gasteiger partial charge < -0.3 is 10.1 Å². The molecule has 0 saturated heterocycles. The molecule has 0 aliphatic carbocycles. The van der Waals surface area contributed by atoms with Crippen LogP contribution in [-0.2, 0) is 28.0 Å². The standard InChI is InChI=1S/C28H30F3NO2S/c1-27(2,3)34-26(33)15-16-32-18-20-9-11-21(12-10-20)19-35-23-13-14-24(22-7-5-4-6-8-22)25(17-23)28(29,30)31/h4-14,17,32H,15-16,18-19H2,1-3H3. The zero-order chi connectivity index (χ0) is 25.5. The SMILES string of the molecule is CC(C)(C)OC(=O)CCNCc1ccc(CSc2ccc(-c3ccccc3)c(C(F)(F)F)c2)cc1. The molecule has 0 atom stereocenters. The lowest BCUT2D eigenvalue weighted by Crippen LogP contribution is -2.26. The van der Waals surface area contributed by atoms with Crippen molar-refractivity contribution in [3.05, 3.63) is 89.5 Å². The minimum Gasteiger partial charge on any atom is -0.460 e. The Labute approximate surface area is 209 Å². The number of thioether (sulfide) groups is 1. The number of alkyl halides is 3. The number of nitrogens with one attached hydrogen (secondary N) is 1. The van der Waals surface area contributed by atoms with E-state index in [4.69, 9.17) is 4.74 Å². The Morgan fingerprint density at radius 2 is 1.57 bits per heavy atom. The van der Waals surface area contributed by atoms with Crippen molar-refractivity contribution in [2.75, 3.05) is 6.54 Å². The van der Waals surface area contributed by atoms with Crippen LogP contribution < -0.4 is 5.32 Å². The fourth-order valence-corrected chi connectivity index (χ4v) is 4.34. The molecule has 0 radical (unpaired) electrons. The highest BCUT2D eigenvalue weighted by atomic mass is 32.2. The quantitative estimate of drug-likeness (QED) is 0.187. The Morgan fingerprint density at radius 3 is 2.20 bits per heavy atom. The van der Waals surface area contributed by atoms with Gasteiger partial charge in [-0.3, -0.25) is 4.79 Å². The number of rotatable bonds is 9. The Morgan fingerprint density at radius 1 is 0.914 bits per heavy atom. The van der Waals surface area contributed by atoms with Gasteiger partial charge in [0.25, 0.3) is 0 Å². The van der Waals surface area contributed by atoms with Crippen molar-refractivity contribution in [2.45, 2.75) is 56.2 Å². The molecule has 35 heavy (non-hydrogen) atoms. The van der Waals surface area contributed by atoms with Crippen LogP contribution in [0.25, 0.3) is 11.1 Å². The van der Waals surface area contributed by atoms with E-state index < -0.39 is 17.3 Å². The summed E-state index contributed by atoms with van der Waals surface area (Å²) in [6.07, 6.45) is -4.13. The number of hydrogen-bond donors (Lipinski definition) is 1. The lowest BCUT2D eigenvalue weighted by atomic mass is 9.99. The number of hydrogen-bond acceptors (Lipinski definition) is 4. The fraction of sp³-hybridized carbons (Fsp3) is 0.321. The van der Waals surface area contributed by atoms with E-state index in [1.54, 1.807) is 42.5 Å². The summed E-state index contributed by atoms with van der Waals surface area (Å²) in [4.78, 5) is 12.3. The first kappa shape index (κ1) is 26.8. The molecule has 3 rings (SSSR count). The van der Waals surface area contributed by atoms with E-state index in [2.05, 4.69) is 5.32 Å². The fourth-order valence-electron chi connectivity index (χ4n) is 3.45. The van der Waals surface area contributed by atoms with Crippen molar-refractivity contribution >= 4 is 17.7 Å². The van der Waals surface area contributed by atoms with E-state index in [-0.39, 0.29) is 11.5 Å². The zero-order valence-electron chi connectivity index (χ0n) is 20.1. The number of halogens is 3. The summed E-state index contributed by atoms with van der Waals surface area (Å²) in [6, 6.07) is 21.1. The van der Waals surface area contributed by atoms with E-state index in [1.165, 1.54) is 17.8 Å². The number of benzene rings is 3. The summed E-state index contributed by atoms with van der Waals surface area (Å²) < 4.78 is 46.5. The zero-order valence-corrected chi connectivity index (χ0v) is 20.9. The second-order valence-corrected chi connectivity index (χ2v) is 10.2. The molecule has 0 aliphatic rings. The van der Waals surface area contributed by atoms with Crippen LogP contribution in [0.15, 0.2) is 77.7 Å². The van der Waals surface area contributed by atoms with Crippen molar-refractivity contribution in [3.8, 4) is 11.1 Å². The van der Waals surface area contributed by atoms with Gasteiger partial charge in [0.05, 0.1) is 12.0 Å². The molecule has 1 N–H and O–H groups in total. The highest BCUT2D eigenvalue weighted by Gasteiger charge is 2.34. The third kappa shape index (κ3) is 8.75. The van der Waals surface area contributed by atoms with Gasteiger partial charge in [0, 0.05) is 23.7 Å². The Kier molecular flexibility index (Phi) is 9.03. The van der Waals surface area contributed by atoms with E-state index in [9.17, 15) is 18.0 Å². The summed E-state index contributed by atoms with van der Waals surface area (Å²) in [6.45, 7) is 6.66. The van der Waals surface area contributed by atoms with E-state index in [1.807, 2.05) is 45.0 Å². The first-order chi connectivity index (χ1) is 16.5. The summed E-state index contributed by atoms with van der Waals surface area (Å²) in [5.41, 5.74) is 1.71. The molecule has 0 saturated carbocycles. The normalized spacial score (nSPS) is 11.9. The molecule has 0 spiro atoms. The van der Waals surface area contributed by atoms with Crippen LogP contribution in [0.3, 0.4) is 0 Å². The lowest BCUT2D eigenvalue weighted by Gasteiger charge is -2.19. The minimum atomic E-state index is -4.43. The number of ether oxygens (including phenoxy) is 1. The molecular weight excluding hydrogens is 471 g/mol.